The molecule has 5 nitrogen and oxygen atoms in total. The van der Waals surface area contributed by atoms with Crippen molar-refractivity contribution in [3.05, 3.63) is 47.3 Å². The molecule has 1 N–H and O–H groups in total. The van der Waals surface area contributed by atoms with Gasteiger partial charge < -0.3 is 9.88 Å². The number of aryl methyl sites for hydroxylation is 1. The number of rotatable bonds is 5. The van der Waals surface area contributed by atoms with Gasteiger partial charge in [-0.1, -0.05) is 6.07 Å². The van der Waals surface area contributed by atoms with Gasteiger partial charge >= 0.3 is 0 Å². The summed E-state index contributed by atoms with van der Waals surface area (Å²) in [6.07, 6.45) is 2.43. The molecular formula is C13H14FN5. The van der Waals surface area contributed by atoms with E-state index in [1.807, 2.05) is 17.7 Å². The summed E-state index contributed by atoms with van der Waals surface area (Å²) in [4.78, 5) is 0. The summed E-state index contributed by atoms with van der Waals surface area (Å²) >= 11 is 0. The van der Waals surface area contributed by atoms with Crippen LogP contribution in [0.5, 0.6) is 0 Å². The third-order valence-electron chi connectivity index (χ3n) is 2.81. The van der Waals surface area contributed by atoms with Crippen LogP contribution in [0.25, 0.3) is 0 Å². The predicted octanol–water partition coefficient (Wildman–Crippen LogP) is 1.16. The number of aromatic nitrogens is 3. The first kappa shape index (κ1) is 13.2. The molecule has 0 atom stereocenters. The maximum Gasteiger partial charge on any atom is 0.140 e. The molecule has 0 saturated heterocycles. The van der Waals surface area contributed by atoms with Crippen molar-refractivity contribution in [1.82, 2.24) is 20.1 Å². The third kappa shape index (κ3) is 3.36. The highest BCUT2D eigenvalue weighted by molar-refractivity contribution is 5.34. The Morgan fingerprint density at radius 3 is 3.00 bits per heavy atom. The molecule has 0 saturated carbocycles. The smallest absolute Gasteiger partial charge is 0.140 e. The Morgan fingerprint density at radius 1 is 1.47 bits per heavy atom. The monoisotopic (exact) mass is 259 g/mol. The Kier molecular flexibility index (Phi) is 4.21. The van der Waals surface area contributed by atoms with Crippen molar-refractivity contribution in [2.24, 2.45) is 7.05 Å². The van der Waals surface area contributed by atoms with Crippen LogP contribution in [0, 0.1) is 17.1 Å². The number of benzene rings is 1. The molecule has 1 heterocycles. The highest BCUT2D eigenvalue weighted by atomic mass is 19.1. The zero-order chi connectivity index (χ0) is 13.7. The van der Waals surface area contributed by atoms with Crippen LogP contribution in [0.3, 0.4) is 0 Å². The highest BCUT2D eigenvalue weighted by Crippen LogP contribution is 2.09. The molecule has 2 rings (SSSR count). The number of hydrogen-bond acceptors (Lipinski definition) is 4. The second kappa shape index (κ2) is 6.07. The van der Waals surface area contributed by atoms with E-state index in [9.17, 15) is 4.39 Å². The SMILES string of the molecule is Cn1cnnc1CCNCc1ccc(F)c(C#N)c1. The fourth-order valence-electron chi connectivity index (χ4n) is 1.73. The summed E-state index contributed by atoms with van der Waals surface area (Å²) in [6, 6.07) is 6.38. The topological polar surface area (TPSA) is 66.5 Å². The molecule has 0 amide bonds. The van der Waals surface area contributed by atoms with Crippen molar-refractivity contribution in [2.75, 3.05) is 6.54 Å². The van der Waals surface area contributed by atoms with E-state index in [1.165, 1.54) is 6.07 Å². The minimum Gasteiger partial charge on any atom is -0.321 e. The second-order valence-corrected chi connectivity index (χ2v) is 4.21. The van der Waals surface area contributed by atoms with E-state index >= 15 is 0 Å². The van der Waals surface area contributed by atoms with Gasteiger partial charge in [-0.3, -0.25) is 0 Å². The molecule has 1 aromatic carbocycles. The number of hydrogen-bond donors (Lipinski definition) is 1. The van der Waals surface area contributed by atoms with Crippen molar-refractivity contribution in [1.29, 1.82) is 5.26 Å². The minimum atomic E-state index is -0.481. The fourth-order valence-corrected chi connectivity index (χ4v) is 1.73. The van der Waals surface area contributed by atoms with Crippen molar-refractivity contribution < 1.29 is 4.39 Å². The van der Waals surface area contributed by atoms with E-state index in [1.54, 1.807) is 18.5 Å². The molecule has 0 radical (unpaired) electrons. The molecule has 1 aromatic heterocycles. The van der Waals surface area contributed by atoms with E-state index in [0.717, 1.165) is 24.4 Å². The van der Waals surface area contributed by atoms with Crippen molar-refractivity contribution in [2.45, 2.75) is 13.0 Å². The Morgan fingerprint density at radius 2 is 2.32 bits per heavy atom. The van der Waals surface area contributed by atoms with Gasteiger partial charge in [0.15, 0.2) is 0 Å². The van der Waals surface area contributed by atoms with Crippen LogP contribution < -0.4 is 5.32 Å². The van der Waals surface area contributed by atoms with Gasteiger partial charge in [-0.25, -0.2) is 4.39 Å². The van der Waals surface area contributed by atoms with Gasteiger partial charge in [0.05, 0.1) is 5.56 Å². The number of nitrogens with zero attached hydrogens (tertiary/aromatic N) is 4. The van der Waals surface area contributed by atoms with E-state index in [0.29, 0.717) is 6.54 Å². The number of nitriles is 1. The van der Waals surface area contributed by atoms with Crippen LogP contribution in [0.1, 0.15) is 17.0 Å². The molecule has 0 bridgehead atoms. The highest BCUT2D eigenvalue weighted by Gasteiger charge is 2.03. The van der Waals surface area contributed by atoms with E-state index < -0.39 is 5.82 Å². The van der Waals surface area contributed by atoms with Crippen LogP contribution in [0.2, 0.25) is 0 Å². The number of nitrogens with one attached hydrogen (secondary N) is 1. The van der Waals surface area contributed by atoms with Crippen LogP contribution in [0.4, 0.5) is 4.39 Å². The average molecular weight is 259 g/mol. The first-order valence-electron chi connectivity index (χ1n) is 5.93. The fraction of sp³-hybridized carbons (Fsp3) is 0.308. The summed E-state index contributed by atoms with van der Waals surface area (Å²) in [5, 5.41) is 19.7. The molecule has 19 heavy (non-hydrogen) atoms. The number of halogens is 1. The van der Waals surface area contributed by atoms with Gasteiger partial charge in [0.2, 0.25) is 0 Å². The molecule has 0 aliphatic heterocycles. The van der Waals surface area contributed by atoms with Crippen LogP contribution in [-0.2, 0) is 20.0 Å². The summed E-state index contributed by atoms with van der Waals surface area (Å²) in [6.45, 7) is 1.33. The largest absolute Gasteiger partial charge is 0.321 e. The van der Waals surface area contributed by atoms with E-state index in [-0.39, 0.29) is 5.56 Å². The van der Waals surface area contributed by atoms with Gasteiger partial charge in [0, 0.05) is 26.6 Å². The first-order valence-corrected chi connectivity index (χ1v) is 5.93. The quantitative estimate of drug-likeness (QED) is 0.818. The minimum absolute atomic E-state index is 0.0765. The second-order valence-electron chi connectivity index (χ2n) is 4.21. The van der Waals surface area contributed by atoms with Crippen molar-refractivity contribution >= 4 is 0 Å². The molecule has 0 unspecified atom stereocenters. The van der Waals surface area contributed by atoms with Crippen molar-refractivity contribution in [3.63, 3.8) is 0 Å². The lowest BCUT2D eigenvalue weighted by Gasteiger charge is -2.05. The van der Waals surface area contributed by atoms with E-state index in [4.69, 9.17) is 5.26 Å². The lowest BCUT2D eigenvalue weighted by atomic mass is 10.1. The first-order chi connectivity index (χ1) is 9.20. The van der Waals surface area contributed by atoms with Crippen molar-refractivity contribution in [3.8, 4) is 6.07 Å². The summed E-state index contributed by atoms with van der Waals surface area (Å²) < 4.78 is 15.0. The van der Waals surface area contributed by atoms with Gasteiger partial charge in [0.25, 0.3) is 0 Å². The predicted molar refractivity (Wildman–Crippen MR) is 67.5 cm³/mol. The molecule has 6 heteroatoms. The molecule has 98 valence electrons. The van der Waals surface area contributed by atoms with Gasteiger partial charge in [-0.05, 0) is 17.7 Å². The maximum atomic E-state index is 13.1. The Labute approximate surface area is 110 Å². The normalized spacial score (nSPS) is 10.4. The van der Waals surface area contributed by atoms with Gasteiger partial charge in [0.1, 0.15) is 24.0 Å². The van der Waals surface area contributed by atoms with Gasteiger partial charge in [-0.15, -0.1) is 10.2 Å². The lowest BCUT2D eigenvalue weighted by molar-refractivity contribution is 0.619. The maximum absolute atomic E-state index is 13.1. The lowest BCUT2D eigenvalue weighted by Crippen LogP contribution is -2.18. The van der Waals surface area contributed by atoms with Crippen LogP contribution in [0.15, 0.2) is 24.5 Å². The zero-order valence-corrected chi connectivity index (χ0v) is 10.6. The van der Waals surface area contributed by atoms with Crippen LogP contribution >= 0.6 is 0 Å². The average Bonchev–Trinajstić information content (AvgIpc) is 2.82. The summed E-state index contributed by atoms with van der Waals surface area (Å²) in [5.74, 6) is 0.426. The summed E-state index contributed by atoms with van der Waals surface area (Å²) in [5.41, 5.74) is 0.962. The third-order valence-corrected chi connectivity index (χ3v) is 2.81. The standard InChI is InChI=1S/C13H14FN5/c1-19-9-17-18-13(19)4-5-16-8-10-2-3-12(14)11(6-10)7-15/h2-3,6,9,16H,4-5,8H2,1H3. The molecule has 0 spiro atoms. The molecule has 0 fully saturated rings. The molecule has 2 aromatic rings. The van der Waals surface area contributed by atoms with Gasteiger partial charge in [-0.2, -0.15) is 5.26 Å². The molecule has 0 aliphatic rings. The summed E-state index contributed by atoms with van der Waals surface area (Å²) in [7, 11) is 1.90. The Balaban J connectivity index is 1.83. The van der Waals surface area contributed by atoms with E-state index in [2.05, 4.69) is 15.5 Å². The Bertz CT molecular complexity index is 599. The molecular weight excluding hydrogens is 245 g/mol. The van der Waals surface area contributed by atoms with Crippen LogP contribution in [-0.4, -0.2) is 21.3 Å². The Hall–Kier alpha value is -2.26. The molecule has 0 aliphatic carbocycles. The zero-order valence-electron chi connectivity index (χ0n) is 10.6.